The van der Waals surface area contributed by atoms with Crippen LogP contribution in [0.5, 0.6) is 11.5 Å². The van der Waals surface area contributed by atoms with Gasteiger partial charge < -0.3 is 19.7 Å². The van der Waals surface area contributed by atoms with E-state index < -0.39 is 18.5 Å². The number of ether oxygens (including phenoxy) is 2. The number of carbonyl (C=O) groups is 2. The Hall–Kier alpha value is -3.32. The first-order chi connectivity index (χ1) is 13.5. The van der Waals surface area contributed by atoms with Gasteiger partial charge in [-0.3, -0.25) is 0 Å². The van der Waals surface area contributed by atoms with Crippen LogP contribution in [0.1, 0.15) is 20.8 Å². The number of aliphatic carboxylic acids is 1. The predicted molar refractivity (Wildman–Crippen MR) is 105 cm³/mol. The summed E-state index contributed by atoms with van der Waals surface area (Å²) < 4.78 is 11.1. The van der Waals surface area contributed by atoms with Crippen LogP contribution in [-0.4, -0.2) is 28.8 Å². The standard InChI is InChI=1S/C21H18O6S/c1-13-18(27-12-17(22)23)20(21(24)25)28-19(13)15-8-5-9-16(10-15)26-11-14-6-3-2-4-7-14/h2-10H,11-12H2,1H3,(H,22,23)(H,24,25). The largest absolute Gasteiger partial charge is 0.489 e. The van der Waals surface area contributed by atoms with Gasteiger partial charge in [0.2, 0.25) is 0 Å². The highest BCUT2D eigenvalue weighted by molar-refractivity contribution is 7.18. The van der Waals surface area contributed by atoms with Crippen molar-refractivity contribution in [2.24, 2.45) is 0 Å². The molecular formula is C21H18O6S. The van der Waals surface area contributed by atoms with Crippen LogP contribution in [0.4, 0.5) is 0 Å². The molecule has 144 valence electrons. The molecule has 0 aliphatic carbocycles. The lowest BCUT2D eigenvalue weighted by Gasteiger charge is -2.08. The Morgan fingerprint density at radius 1 is 1.00 bits per heavy atom. The van der Waals surface area contributed by atoms with Crippen LogP contribution in [-0.2, 0) is 11.4 Å². The topological polar surface area (TPSA) is 93.1 Å². The van der Waals surface area contributed by atoms with E-state index in [1.54, 1.807) is 6.92 Å². The number of aromatic carboxylic acids is 1. The van der Waals surface area contributed by atoms with Gasteiger partial charge in [0.05, 0.1) is 0 Å². The van der Waals surface area contributed by atoms with Crippen LogP contribution in [0.15, 0.2) is 54.6 Å². The predicted octanol–water partition coefficient (Wildman–Crippen LogP) is 4.46. The van der Waals surface area contributed by atoms with Gasteiger partial charge in [-0.1, -0.05) is 42.5 Å². The molecule has 1 heterocycles. The quantitative estimate of drug-likeness (QED) is 0.582. The normalized spacial score (nSPS) is 10.5. The molecule has 6 nitrogen and oxygen atoms in total. The molecule has 2 aromatic carbocycles. The molecule has 0 bridgehead atoms. The molecule has 7 heteroatoms. The molecule has 0 spiro atoms. The first-order valence-corrected chi connectivity index (χ1v) is 9.25. The molecule has 0 saturated carbocycles. The van der Waals surface area contributed by atoms with E-state index in [2.05, 4.69) is 0 Å². The minimum atomic E-state index is -1.17. The van der Waals surface area contributed by atoms with Crippen molar-refractivity contribution in [2.45, 2.75) is 13.5 Å². The third-order valence-electron chi connectivity index (χ3n) is 3.97. The van der Waals surface area contributed by atoms with Crippen molar-refractivity contribution in [1.29, 1.82) is 0 Å². The highest BCUT2D eigenvalue weighted by Gasteiger charge is 2.23. The molecule has 1 aromatic heterocycles. The zero-order valence-corrected chi connectivity index (χ0v) is 15.9. The van der Waals surface area contributed by atoms with E-state index in [0.717, 1.165) is 22.5 Å². The van der Waals surface area contributed by atoms with Crippen molar-refractivity contribution >= 4 is 23.3 Å². The van der Waals surface area contributed by atoms with E-state index in [0.29, 0.717) is 22.8 Å². The van der Waals surface area contributed by atoms with Crippen LogP contribution in [0, 0.1) is 6.92 Å². The number of rotatable bonds is 8. The van der Waals surface area contributed by atoms with Gasteiger partial charge in [-0.25, -0.2) is 9.59 Å². The average molecular weight is 398 g/mol. The molecule has 0 saturated heterocycles. The summed E-state index contributed by atoms with van der Waals surface area (Å²) in [5.41, 5.74) is 2.40. The van der Waals surface area contributed by atoms with Crippen molar-refractivity contribution < 1.29 is 29.3 Å². The van der Waals surface area contributed by atoms with Crippen molar-refractivity contribution in [1.82, 2.24) is 0 Å². The van der Waals surface area contributed by atoms with E-state index in [9.17, 15) is 14.7 Å². The van der Waals surface area contributed by atoms with Crippen LogP contribution < -0.4 is 9.47 Å². The number of hydrogen-bond acceptors (Lipinski definition) is 5. The van der Waals surface area contributed by atoms with E-state index in [4.69, 9.17) is 14.6 Å². The lowest BCUT2D eigenvalue weighted by atomic mass is 10.1. The molecule has 0 amide bonds. The summed E-state index contributed by atoms with van der Waals surface area (Å²) in [6.45, 7) is 1.53. The fraction of sp³-hybridized carbons (Fsp3) is 0.143. The molecule has 0 aliphatic heterocycles. The van der Waals surface area contributed by atoms with E-state index in [1.165, 1.54) is 0 Å². The Morgan fingerprint density at radius 3 is 2.43 bits per heavy atom. The zero-order valence-electron chi connectivity index (χ0n) is 15.0. The monoisotopic (exact) mass is 398 g/mol. The fourth-order valence-corrected chi connectivity index (χ4v) is 3.78. The molecule has 0 unspecified atom stereocenters. The third kappa shape index (κ3) is 4.50. The Kier molecular flexibility index (Phi) is 5.96. The van der Waals surface area contributed by atoms with Gasteiger partial charge in [0.25, 0.3) is 0 Å². The molecule has 0 aliphatic rings. The van der Waals surface area contributed by atoms with Crippen LogP contribution in [0.2, 0.25) is 0 Å². The molecule has 0 radical (unpaired) electrons. The molecule has 0 atom stereocenters. The first kappa shape index (κ1) is 19.4. The smallest absolute Gasteiger partial charge is 0.349 e. The maximum atomic E-state index is 11.5. The summed E-state index contributed by atoms with van der Waals surface area (Å²) in [5.74, 6) is -1.58. The minimum Gasteiger partial charge on any atom is -0.489 e. The Morgan fingerprint density at radius 2 is 1.75 bits per heavy atom. The number of benzene rings is 2. The molecule has 3 rings (SSSR count). The summed E-state index contributed by atoms with van der Waals surface area (Å²) >= 11 is 1.05. The summed E-state index contributed by atoms with van der Waals surface area (Å²) in [7, 11) is 0. The summed E-state index contributed by atoms with van der Waals surface area (Å²) in [6.07, 6.45) is 0. The van der Waals surface area contributed by atoms with E-state index in [1.807, 2.05) is 54.6 Å². The highest BCUT2D eigenvalue weighted by Crippen LogP contribution is 2.42. The van der Waals surface area contributed by atoms with E-state index in [-0.39, 0.29) is 10.6 Å². The van der Waals surface area contributed by atoms with Gasteiger partial charge in [-0.15, -0.1) is 11.3 Å². The van der Waals surface area contributed by atoms with Crippen molar-refractivity contribution in [2.75, 3.05) is 6.61 Å². The fourth-order valence-electron chi connectivity index (χ4n) is 2.69. The van der Waals surface area contributed by atoms with Crippen molar-refractivity contribution in [3.63, 3.8) is 0 Å². The zero-order chi connectivity index (χ0) is 20.1. The Bertz CT molecular complexity index is 993. The Labute approximate surface area is 165 Å². The summed E-state index contributed by atoms with van der Waals surface area (Å²) in [6, 6.07) is 17.1. The maximum absolute atomic E-state index is 11.5. The van der Waals surface area contributed by atoms with Crippen molar-refractivity contribution in [3.8, 4) is 21.9 Å². The summed E-state index contributed by atoms with van der Waals surface area (Å²) in [5, 5.41) is 18.3. The molecule has 28 heavy (non-hydrogen) atoms. The SMILES string of the molecule is Cc1c(-c2cccc(OCc3ccccc3)c2)sc(C(=O)O)c1OCC(=O)O. The molecule has 3 aromatic rings. The van der Waals surface area contributed by atoms with Crippen LogP contribution >= 0.6 is 11.3 Å². The molecule has 0 fully saturated rings. The molecule has 2 N–H and O–H groups in total. The lowest BCUT2D eigenvalue weighted by molar-refractivity contribution is -0.139. The van der Waals surface area contributed by atoms with Gasteiger partial charge in [-0.2, -0.15) is 0 Å². The second kappa shape index (κ2) is 8.58. The molecular weight excluding hydrogens is 380 g/mol. The average Bonchev–Trinajstić information content (AvgIpc) is 3.02. The highest BCUT2D eigenvalue weighted by atomic mass is 32.1. The van der Waals surface area contributed by atoms with Gasteiger partial charge in [0, 0.05) is 10.4 Å². The van der Waals surface area contributed by atoms with E-state index >= 15 is 0 Å². The van der Waals surface area contributed by atoms with Gasteiger partial charge in [0.1, 0.15) is 18.1 Å². The maximum Gasteiger partial charge on any atom is 0.349 e. The minimum absolute atomic E-state index is 0.0237. The number of thiophene rings is 1. The van der Waals surface area contributed by atoms with Gasteiger partial charge in [0.15, 0.2) is 11.5 Å². The Balaban J connectivity index is 1.87. The first-order valence-electron chi connectivity index (χ1n) is 8.44. The van der Waals surface area contributed by atoms with Gasteiger partial charge in [-0.05, 0) is 30.2 Å². The van der Waals surface area contributed by atoms with Crippen LogP contribution in [0.25, 0.3) is 10.4 Å². The third-order valence-corrected chi connectivity index (χ3v) is 5.28. The van der Waals surface area contributed by atoms with Crippen LogP contribution in [0.3, 0.4) is 0 Å². The van der Waals surface area contributed by atoms with Gasteiger partial charge >= 0.3 is 11.9 Å². The number of carboxylic acid groups (broad SMARTS) is 2. The summed E-state index contributed by atoms with van der Waals surface area (Å²) in [4.78, 5) is 23.0. The number of carboxylic acids is 2. The second-order valence-electron chi connectivity index (χ2n) is 6.00. The lowest BCUT2D eigenvalue weighted by Crippen LogP contribution is -2.11. The number of hydrogen-bond donors (Lipinski definition) is 2. The second-order valence-corrected chi connectivity index (χ2v) is 7.02. The van der Waals surface area contributed by atoms with Crippen molar-refractivity contribution in [3.05, 3.63) is 70.6 Å².